The van der Waals surface area contributed by atoms with Crippen LogP contribution in [0.15, 0.2) is 35.7 Å². The van der Waals surface area contributed by atoms with Crippen LogP contribution >= 0.6 is 11.6 Å². The summed E-state index contributed by atoms with van der Waals surface area (Å²) in [6.07, 6.45) is 3.38. The molecule has 4 rings (SSSR count). The highest BCUT2D eigenvalue weighted by atomic mass is 35.5. The SMILES string of the molecule is Cc1ncc2c(c1OC(=O)[C@@H]1CCCN1/[N+]([O-])=N\OCCC(C)C)CO[C@H]2c1ccc(Cl)cc1. The first-order chi connectivity index (χ1) is 16.3. The van der Waals surface area contributed by atoms with Gasteiger partial charge in [-0.1, -0.05) is 37.6 Å². The summed E-state index contributed by atoms with van der Waals surface area (Å²) in [5, 5.41) is 18.0. The zero-order chi connectivity index (χ0) is 24.2. The molecular weight excluding hydrogens is 460 g/mol. The maximum atomic E-state index is 13.1. The summed E-state index contributed by atoms with van der Waals surface area (Å²) in [5.74, 6) is 0.301. The molecule has 0 saturated carbocycles. The van der Waals surface area contributed by atoms with Crippen molar-refractivity contribution in [3.05, 3.63) is 63.1 Å². The number of hydrazine groups is 1. The molecule has 2 aliphatic heterocycles. The standard InChI is InChI=1S/C24H29ClN4O5/c1-15(2)10-12-33-27-29(31)28-11-4-5-21(28)24(30)34-22-16(3)26-13-19-20(22)14-32-23(19)17-6-8-18(25)9-7-17/h6-9,13,15,21,23H,4-5,10-12,14H2,1-3H3/b29-27+/t21-,23-/m0/s1. The molecule has 0 spiro atoms. The Hall–Kier alpha value is -2.91. The van der Waals surface area contributed by atoms with E-state index in [0.29, 0.717) is 53.3 Å². The lowest BCUT2D eigenvalue weighted by atomic mass is 10.0. The Labute approximate surface area is 203 Å². The van der Waals surface area contributed by atoms with Crippen molar-refractivity contribution in [2.45, 2.75) is 58.8 Å². The molecule has 2 aliphatic rings. The van der Waals surface area contributed by atoms with Crippen molar-refractivity contribution >= 4 is 17.6 Å². The van der Waals surface area contributed by atoms with Crippen molar-refractivity contribution in [1.29, 1.82) is 0 Å². The number of rotatable bonds is 8. The zero-order valence-electron chi connectivity index (χ0n) is 19.6. The van der Waals surface area contributed by atoms with Crippen LogP contribution in [0.2, 0.25) is 5.02 Å². The highest BCUT2D eigenvalue weighted by molar-refractivity contribution is 6.30. The van der Waals surface area contributed by atoms with E-state index in [1.54, 1.807) is 13.1 Å². The van der Waals surface area contributed by atoms with Crippen molar-refractivity contribution < 1.29 is 24.1 Å². The Morgan fingerprint density at radius 2 is 2.15 bits per heavy atom. The second-order valence-corrected chi connectivity index (χ2v) is 9.38. The van der Waals surface area contributed by atoms with Gasteiger partial charge in [0.05, 0.1) is 23.8 Å². The van der Waals surface area contributed by atoms with Crippen molar-refractivity contribution in [3.8, 4) is 5.75 Å². The summed E-state index contributed by atoms with van der Waals surface area (Å²) >= 11 is 6.01. The first kappa shape index (κ1) is 24.2. The molecule has 1 fully saturated rings. The van der Waals surface area contributed by atoms with Gasteiger partial charge in [0.1, 0.15) is 12.7 Å². The fourth-order valence-electron chi connectivity index (χ4n) is 4.12. The Morgan fingerprint density at radius 1 is 1.38 bits per heavy atom. The monoisotopic (exact) mass is 488 g/mol. The number of ether oxygens (including phenoxy) is 2. The zero-order valence-corrected chi connectivity index (χ0v) is 20.3. The number of esters is 1. The molecule has 3 heterocycles. The van der Waals surface area contributed by atoms with E-state index in [2.05, 4.69) is 24.1 Å². The maximum absolute atomic E-state index is 13.1. The van der Waals surface area contributed by atoms with Gasteiger partial charge in [-0.3, -0.25) is 4.98 Å². The molecule has 0 amide bonds. The lowest BCUT2D eigenvalue weighted by molar-refractivity contribution is -0.712. The van der Waals surface area contributed by atoms with Crippen LogP contribution in [-0.4, -0.2) is 40.1 Å². The Morgan fingerprint density at radius 3 is 2.88 bits per heavy atom. The first-order valence-electron chi connectivity index (χ1n) is 11.5. The van der Waals surface area contributed by atoms with Crippen molar-refractivity contribution in [3.63, 3.8) is 0 Å². The summed E-state index contributed by atoms with van der Waals surface area (Å²) in [6.45, 7) is 6.93. The lowest BCUT2D eigenvalue weighted by Gasteiger charge is -2.20. The fourth-order valence-corrected chi connectivity index (χ4v) is 4.25. The van der Waals surface area contributed by atoms with Crippen LogP contribution < -0.4 is 4.74 Å². The van der Waals surface area contributed by atoms with Gasteiger partial charge in [0, 0.05) is 22.3 Å². The van der Waals surface area contributed by atoms with Gasteiger partial charge in [-0.05, 0) is 49.8 Å². The molecule has 34 heavy (non-hydrogen) atoms. The van der Waals surface area contributed by atoms with Crippen LogP contribution in [0.4, 0.5) is 0 Å². The minimum atomic E-state index is -0.750. The van der Waals surface area contributed by atoms with Gasteiger partial charge in [-0.2, -0.15) is 0 Å². The number of halogens is 1. The van der Waals surface area contributed by atoms with E-state index in [1.165, 1.54) is 5.01 Å². The van der Waals surface area contributed by atoms with E-state index in [4.69, 9.17) is 25.9 Å². The van der Waals surface area contributed by atoms with E-state index in [0.717, 1.165) is 23.1 Å². The van der Waals surface area contributed by atoms with Gasteiger partial charge in [0.15, 0.2) is 11.8 Å². The fraction of sp³-hybridized carbons (Fsp3) is 0.500. The predicted octanol–water partition coefficient (Wildman–Crippen LogP) is 4.89. The quantitative estimate of drug-likeness (QED) is 0.171. The molecule has 10 heteroatoms. The summed E-state index contributed by atoms with van der Waals surface area (Å²) in [4.78, 5) is 23.0. The van der Waals surface area contributed by atoms with Crippen molar-refractivity contribution in [2.75, 3.05) is 13.2 Å². The van der Waals surface area contributed by atoms with E-state index < -0.39 is 12.0 Å². The molecular formula is C24H29ClN4O5. The molecule has 182 valence electrons. The van der Waals surface area contributed by atoms with Gasteiger partial charge in [-0.15, -0.1) is 5.01 Å². The van der Waals surface area contributed by atoms with Gasteiger partial charge >= 0.3 is 5.97 Å². The van der Waals surface area contributed by atoms with Crippen LogP contribution in [0.1, 0.15) is 61.6 Å². The first-order valence-corrected chi connectivity index (χ1v) is 11.9. The van der Waals surface area contributed by atoms with Gasteiger partial charge in [-0.25, -0.2) is 4.79 Å². The van der Waals surface area contributed by atoms with E-state index in [1.807, 2.05) is 24.3 Å². The van der Waals surface area contributed by atoms with Crippen LogP contribution in [-0.2, 0) is 21.0 Å². The molecule has 0 bridgehead atoms. The van der Waals surface area contributed by atoms with E-state index in [9.17, 15) is 10.0 Å². The number of nitrogens with zero attached hydrogens (tertiary/aromatic N) is 4. The largest absolute Gasteiger partial charge is 0.569 e. The number of aryl methyl sites for hydroxylation is 1. The Kier molecular flexibility index (Phi) is 7.53. The molecule has 0 N–H and O–H groups in total. The average molecular weight is 489 g/mol. The third-order valence-electron chi connectivity index (χ3n) is 6.03. The number of pyridine rings is 1. The summed E-state index contributed by atoms with van der Waals surface area (Å²) < 4.78 is 11.8. The number of aromatic nitrogens is 1. The molecule has 2 atom stereocenters. The maximum Gasteiger partial charge on any atom is 0.340 e. The topological polar surface area (TPSA) is 99.3 Å². The second-order valence-electron chi connectivity index (χ2n) is 8.94. The molecule has 1 aromatic carbocycles. The van der Waals surface area contributed by atoms with E-state index >= 15 is 0 Å². The smallest absolute Gasteiger partial charge is 0.340 e. The second kappa shape index (κ2) is 10.6. The lowest BCUT2D eigenvalue weighted by Crippen LogP contribution is -2.42. The molecule has 0 unspecified atom stereocenters. The van der Waals surface area contributed by atoms with Crippen molar-refractivity contribution in [2.24, 2.45) is 11.2 Å². The number of carbonyl (C=O) groups is 1. The molecule has 1 saturated heterocycles. The third-order valence-corrected chi connectivity index (χ3v) is 6.28. The normalized spacial score (nSPS) is 20.0. The highest BCUT2D eigenvalue weighted by Gasteiger charge is 2.40. The average Bonchev–Trinajstić information content (AvgIpc) is 3.46. The van der Waals surface area contributed by atoms with Crippen LogP contribution in [0, 0.1) is 18.0 Å². The van der Waals surface area contributed by atoms with Gasteiger partial charge < -0.3 is 19.5 Å². The Bertz CT molecular complexity index is 1060. The summed E-state index contributed by atoms with van der Waals surface area (Å²) in [5.41, 5.74) is 3.15. The van der Waals surface area contributed by atoms with E-state index in [-0.39, 0.29) is 12.7 Å². The van der Waals surface area contributed by atoms with Gasteiger partial charge in [0.2, 0.25) is 5.28 Å². The predicted molar refractivity (Wildman–Crippen MR) is 124 cm³/mol. The molecule has 0 radical (unpaired) electrons. The number of hydrogen-bond donors (Lipinski definition) is 0. The molecule has 1 aromatic heterocycles. The van der Waals surface area contributed by atoms with Crippen molar-refractivity contribution in [1.82, 2.24) is 9.99 Å². The minimum absolute atomic E-state index is 0.287. The van der Waals surface area contributed by atoms with Crippen LogP contribution in [0.3, 0.4) is 0 Å². The van der Waals surface area contributed by atoms with Crippen LogP contribution in [0.5, 0.6) is 5.75 Å². The number of benzene rings is 1. The summed E-state index contributed by atoms with van der Waals surface area (Å²) in [6, 6.07) is 6.67. The highest BCUT2D eigenvalue weighted by Crippen LogP contribution is 2.41. The number of fused-ring (bicyclic) bond motifs is 1. The number of carbonyl (C=O) groups excluding carboxylic acids is 1. The Balaban J connectivity index is 1.49. The molecule has 2 aromatic rings. The molecule has 0 aliphatic carbocycles. The third kappa shape index (κ3) is 5.26. The summed E-state index contributed by atoms with van der Waals surface area (Å²) in [7, 11) is 0. The van der Waals surface area contributed by atoms with Crippen LogP contribution in [0.25, 0.3) is 0 Å². The number of hydrogen-bond acceptors (Lipinski definition) is 7. The van der Waals surface area contributed by atoms with Gasteiger partial charge in [0.25, 0.3) is 0 Å². The minimum Gasteiger partial charge on any atom is -0.569 e. The molecule has 9 nitrogen and oxygen atoms in total.